The van der Waals surface area contributed by atoms with Gasteiger partial charge in [0.05, 0.1) is 32.0 Å². The van der Waals surface area contributed by atoms with Crippen LogP contribution in [-0.4, -0.2) is 13.9 Å². The lowest BCUT2D eigenvalue weighted by atomic mass is 10.1. The molecule has 1 aromatic heterocycles. The average molecular weight is 379 g/mol. The summed E-state index contributed by atoms with van der Waals surface area (Å²) in [5.41, 5.74) is 1.91. The highest BCUT2D eigenvalue weighted by atomic mass is 35.5. The molecular formula is C18H19ClN2OS2. The number of thiazole rings is 1. The van der Waals surface area contributed by atoms with E-state index in [4.69, 9.17) is 16.6 Å². The molecule has 1 heterocycles. The van der Waals surface area contributed by atoms with Gasteiger partial charge in [-0.25, -0.2) is 13.9 Å². The summed E-state index contributed by atoms with van der Waals surface area (Å²) < 4.78 is 16.7. The van der Waals surface area contributed by atoms with E-state index in [-0.39, 0.29) is 10.8 Å². The molecule has 0 aliphatic heterocycles. The van der Waals surface area contributed by atoms with Gasteiger partial charge in [-0.1, -0.05) is 35.9 Å². The van der Waals surface area contributed by atoms with Crippen LogP contribution in [0.2, 0.25) is 5.02 Å². The van der Waals surface area contributed by atoms with Crippen LogP contribution in [0.1, 0.15) is 37.4 Å². The molecule has 2 atom stereocenters. The predicted octanol–water partition coefficient (Wildman–Crippen LogP) is 5.09. The normalized spacial score (nSPS) is 14.7. The van der Waals surface area contributed by atoms with Gasteiger partial charge in [-0.05, 0) is 50.6 Å². The number of nitrogens with one attached hydrogen (secondary N) is 1. The van der Waals surface area contributed by atoms with Gasteiger partial charge in [0, 0.05) is 5.02 Å². The molecule has 0 aliphatic carbocycles. The summed E-state index contributed by atoms with van der Waals surface area (Å²) in [7, 11) is -1.22. The smallest absolute Gasteiger partial charge is 0.116 e. The first-order valence-corrected chi connectivity index (χ1v) is 9.98. The highest BCUT2D eigenvalue weighted by Crippen LogP contribution is 2.32. The Kier molecular flexibility index (Phi) is 5.06. The van der Waals surface area contributed by atoms with E-state index in [2.05, 4.69) is 4.72 Å². The molecule has 3 aromatic rings. The number of hydrogen-bond donors (Lipinski definition) is 1. The van der Waals surface area contributed by atoms with Crippen molar-refractivity contribution in [2.24, 2.45) is 0 Å². The van der Waals surface area contributed by atoms with Crippen LogP contribution in [0.25, 0.3) is 10.2 Å². The molecule has 0 saturated carbocycles. The van der Waals surface area contributed by atoms with Crippen molar-refractivity contribution in [1.82, 2.24) is 9.71 Å². The minimum Gasteiger partial charge on any atom is -0.242 e. The monoisotopic (exact) mass is 378 g/mol. The van der Waals surface area contributed by atoms with Gasteiger partial charge in [0.1, 0.15) is 5.01 Å². The summed E-state index contributed by atoms with van der Waals surface area (Å²) in [6.07, 6.45) is 0. The number of aromatic nitrogens is 1. The van der Waals surface area contributed by atoms with Crippen LogP contribution in [0.4, 0.5) is 0 Å². The van der Waals surface area contributed by atoms with Crippen LogP contribution in [0, 0.1) is 0 Å². The lowest BCUT2D eigenvalue weighted by Crippen LogP contribution is -2.36. The van der Waals surface area contributed by atoms with Crippen LogP contribution < -0.4 is 4.72 Å². The fourth-order valence-corrected chi connectivity index (χ4v) is 4.38. The number of para-hydroxylation sites is 1. The highest BCUT2D eigenvalue weighted by molar-refractivity contribution is 7.84. The summed E-state index contributed by atoms with van der Waals surface area (Å²) >= 11 is 7.77. The van der Waals surface area contributed by atoms with Crippen LogP contribution in [-0.2, 0) is 11.0 Å². The zero-order valence-corrected chi connectivity index (χ0v) is 16.1. The quantitative estimate of drug-likeness (QED) is 0.686. The van der Waals surface area contributed by atoms with Gasteiger partial charge in [-0.3, -0.25) is 0 Å². The Morgan fingerprint density at radius 2 is 1.92 bits per heavy atom. The Morgan fingerprint density at radius 1 is 1.17 bits per heavy atom. The summed E-state index contributed by atoms with van der Waals surface area (Å²) in [6.45, 7) is 5.84. The fourth-order valence-electron chi connectivity index (χ4n) is 2.24. The molecule has 0 bridgehead atoms. The lowest BCUT2D eigenvalue weighted by molar-refractivity contribution is 0.623. The minimum atomic E-state index is -1.22. The predicted molar refractivity (Wildman–Crippen MR) is 104 cm³/mol. The topological polar surface area (TPSA) is 42.0 Å². The number of nitrogens with zero attached hydrogens (tertiary/aromatic N) is 1. The molecule has 1 N–H and O–H groups in total. The summed E-state index contributed by atoms with van der Waals surface area (Å²) in [4.78, 5) is 4.73. The van der Waals surface area contributed by atoms with E-state index in [1.54, 1.807) is 11.3 Å². The first-order valence-electron chi connectivity index (χ1n) is 7.63. The second-order valence-electron chi connectivity index (χ2n) is 6.51. The van der Waals surface area contributed by atoms with Gasteiger partial charge >= 0.3 is 0 Å². The number of benzene rings is 2. The number of fused-ring (bicyclic) bond motifs is 1. The third-order valence-corrected chi connectivity index (χ3v) is 6.42. The molecule has 0 saturated heterocycles. The molecule has 3 nitrogen and oxygen atoms in total. The molecular weight excluding hydrogens is 360 g/mol. The van der Waals surface area contributed by atoms with Crippen molar-refractivity contribution in [3.8, 4) is 0 Å². The largest absolute Gasteiger partial charge is 0.242 e. The van der Waals surface area contributed by atoms with Crippen LogP contribution >= 0.6 is 22.9 Å². The highest BCUT2D eigenvalue weighted by Gasteiger charge is 2.26. The third-order valence-electron chi connectivity index (χ3n) is 3.52. The summed E-state index contributed by atoms with van der Waals surface area (Å²) in [6, 6.07) is 15.4. The Labute approximate surface area is 153 Å². The Balaban J connectivity index is 2.05. The molecule has 0 fully saturated rings. The van der Waals surface area contributed by atoms with Gasteiger partial charge in [-0.15, -0.1) is 11.3 Å². The van der Waals surface area contributed by atoms with Crippen LogP contribution in [0.15, 0.2) is 48.5 Å². The van der Waals surface area contributed by atoms with E-state index in [1.165, 1.54) is 0 Å². The zero-order valence-electron chi connectivity index (χ0n) is 13.7. The number of hydrogen-bond acceptors (Lipinski definition) is 3. The van der Waals surface area contributed by atoms with Gasteiger partial charge in [-0.2, -0.15) is 0 Å². The standard InChI is InChI=1S/C18H19ClN2OS2/c1-18(2,3)24(22)21-16(12-7-6-8-13(19)11-12)17-20-14-9-4-5-10-15(14)23-17/h4-11,16,21H,1-3H3/t16-,24?/m0/s1. The van der Waals surface area contributed by atoms with E-state index in [0.29, 0.717) is 5.02 Å². The van der Waals surface area contributed by atoms with Gasteiger partial charge < -0.3 is 0 Å². The fraction of sp³-hybridized carbons (Fsp3) is 0.278. The van der Waals surface area contributed by atoms with Gasteiger partial charge in [0.25, 0.3) is 0 Å². The molecule has 2 aromatic carbocycles. The molecule has 126 valence electrons. The van der Waals surface area contributed by atoms with E-state index < -0.39 is 11.0 Å². The molecule has 1 unspecified atom stereocenters. The van der Waals surface area contributed by atoms with Crippen molar-refractivity contribution < 1.29 is 4.21 Å². The molecule has 3 rings (SSSR count). The van der Waals surface area contributed by atoms with Gasteiger partial charge in [0.2, 0.25) is 0 Å². The Hall–Kier alpha value is -1.27. The van der Waals surface area contributed by atoms with E-state index in [0.717, 1.165) is 20.8 Å². The summed E-state index contributed by atoms with van der Waals surface area (Å²) in [5, 5.41) is 1.54. The van der Waals surface area contributed by atoms with Crippen molar-refractivity contribution >= 4 is 44.1 Å². The van der Waals surface area contributed by atoms with Crippen molar-refractivity contribution in [2.75, 3.05) is 0 Å². The van der Waals surface area contributed by atoms with Crippen LogP contribution in [0.3, 0.4) is 0 Å². The maximum atomic E-state index is 12.7. The third kappa shape index (κ3) is 3.86. The maximum Gasteiger partial charge on any atom is 0.116 e. The molecule has 0 amide bonds. The first-order chi connectivity index (χ1) is 11.3. The van der Waals surface area contributed by atoms with E-state index in [9.17, 15) is 4.21 Å². The minimum absolute atomic E-state index is 0.263. The second-order valence-corrected chi connectivity index (χ2v) is 10.0. The van der Waals surface area contributed by atoms with Crippen molar-refractivity contribution in [3.63, 3.8) is 0 Å². The van der Waals surface area contributed by atoms with E-state index >= 15 is 0 Å². The molecule has 0 radical (unpaired) electrons. The van der Waals surface area contributed by atoms with E-state index in [1.807, 2.05) is 69.3 Å². The zero-order chi connectivity index (χ0) is 17.3. The van der Waals surface area contributed by atoms with Crippen molar-refractivity contribution in [2.45, 2.75) is 31.6 Å². The number of rotatable bonds is 4. The summed E-state index contributed by atoms with van der Waals surface area (Å²) in [5.74, 6) is 0. The molecule has 6 heteroatoms. The molecule has 0 aliphatic rings. The lowest BCUT2D eigenvalue weighted by Gasteiger charge is -2.23. The first kappa shape index (κ1) is 17.5. The Morgan fingerprint density at radius 3 is 2.58 bits per heavy atom. The molecule has 24 heavy (non-hydrogen) atoms. The van der Waals surface area contributed by atoms with Gasteiger partial charge in [0.15, 0.2) is 0 Å². The SMILES string of the molecule is CC(C)(C)S(=O)N[C@@H](c1cccc(Cl)c1)c1nc2ccccc2s1. The van der Waals surface area contributed by atoms with Crippen molar-refractivity contribution in [3.05, 3.63) is 64.1 Å². The van der Waals surface area contributed by atoms with Crippen LogP contribution in [0.5, 0.6) is 0 Å². The Bertz CT molecular complexity index is 853. The number of halogens is 1. The molecule has 0 spiro atoms. The maximum absolute atomic E-state index is 12.7. The van der Waals surface area contributed by atoms with Crippen molar-refractivity contribution in [1.29, 1.82) is 0 Å². The second kappa shape index (κ2) is 6.92. The average Bonchev–Trinajstić information content (AvgIpc) is 2.94.